The Morgan fingerprint density at radius 3 is 1.94 bits per heavy atom. The van der Waals surface area contributed by atoms with Crippen LogP contribution in [0.25, 0.3) is 0 Å². The summed E-state index contributed by atoms with van der Waals surface area (Å²) in [7, 11) is 0. The fourth-order valence-electron chi connectivity index (χ4n) is 3.32. The summed E-state index contributed by atoms with van der Waals surface area (Å²) in [5, 5.41) is 25.9. The molecule has 0 heterocycles. The molecule has 0 saturated heterocycles. The van der Waals surface area contributed by atoms with Gasteiger partial charge in [-0.25, -0.2) is 0 Å². The molecule has 3 unspecified atom stereocenters. The van der Waals surface area contributed by atoms with Crippen molar-refractivity contribution in [2.75, 3.05) is 19.6 Å². The Morgan fingerprint density at radius 1 is 0.800 bits per heavy atom. The van der Waals surface area contributed by atoms with Crippen LogP contribution >= 0.6 is 0 Å². The van der Waals surface area contributed by atoms with Crippen LogP contribution in [0, 0.1) is 0 Å². The molecule has 0 fully saturated rings. The number of carbonyl (C=O) groups is 4. The number of carboxylic acids is 1. The molecule has 0 saturated carbocycles. The third-order valence-corrected chi connectivity index (χ3v) is 5.31. The molecule has 12 heteroatoms. The van der Waals surface area contributed by atoms with Crippen LogP contribution in [0.5, 0.6) is 5.75 Å². The highest BCUT2D eigenvalue weighted by molar-refractivity contribution is 5.93. The Hall–Kier alpha value is -3.22. The van der Waals surface area contributed by atoms with Crippen LogP contribution in [0.15, 0.2) is 24.3 Å². The molecule has 0 radical (unpaired) electrons. The third-order valence-electron chi connectivity index (χ3n) is 5.31. The second-order valence-electron chi connectivity index (χ2n) is 8.28. The van der Waals surface area contributed by atoms with E-state index in [1.807, 2.05) is 0 Å². The zero-order valence-electron chi connectivity index (χ0n) is 19.9. The van der Waals surface area contributed by atoms with Gasteiger partial charge < -0.3 is 43.4 Å². The number of unbranched alkanes of at least 4 members (excludes halogenated alkanes) is 2. The Kier molecular flexibility index (Phi) is 14.0. The Balaban J connectivity index is 2.99. The van der Waals surface area contributed by atoms with Crippen molar-refractivity contribution < 1.29 is 29.4 Å². The van der Waals surface area contributed by atoms with Gasteiger partial charge in [-0.05, 0) is 62.9 Å². The Bertz CT molecular complexity index is 819. The second-order valence-corrected chi connectivity index (χ2v) is 8.28. The van der Waals surface area contributed by atoms with E-state index in [2.05, 4.69) is 16.0 Å². The molecule has 196 valence electrons. The lowest BCUT2D eigenvalue weighted by Gasteiger charge is -2.24. The smallest absolute Gasteiger partial charge is 0.322 e. The highest BCUT2D eigenvalue weighted by Gasteiger charge is 2.28. The number of benzene rings is 1. The molecule has 0 aliphatic rings. The van der Waals surface area contributed by atoms with Crippen molar-refractivity contribution >= 4 is 23.7 Å². The van der Waals surface area contributed by atoms with Crippen LogP contribution in [-0.2, 0) is 25.6 Å². The average molecular weight is 495 g/mol. The van der Waals surface area contributed by atoms with Crippen molar-refractivity contribution in [1.29, 1.82) is 0 Å². The predicted molar refractivity (Wildman–Crippen MR) is 130 cm³/mol. The summed E-state index contributed by atoms with van der Waals surface area (Å²) in [6.07, 6.45) is 3.25. The predicted octanol–water partition coefficient (Wildman–Crippen LogP) is -1.31. The van der Waals surface area contributed by atoms with Crippen LogP contribution < -0.4 is 33.2 Å². The number of aliphatic carboxylic acids is 1. The maximum absolute atomic E-state index is 13.2. The molecule has 3 atom stereocenters. The summed E-state index contributed by atoms with van der Waals surface area (Å²) < 4.78 is 0. The van der Waals surface area contributed by atoms with Gasteiger partial charge in [-0.3, -0.25) is 19.2 Å². The van der Waals surface area contributed by atoms with E-state index >= 15 is 0 Å². The lowest BCUT2D eigenvalue weighted by molar-refractivity contribution is -0.138. The second kappa shape index (κ2) is 16.4. The van der Waals surface area contributed by atoms with Gasteiger partial charge in [0.15, 0.2) is 0 Å². The molecule has 0 aromatic heterocycles. The Labute approximate surface area is 205 Å². The van der Waals surface area contributed by atoms with Crippen LogP contribution in [0.3, 0.4) is 0 Å². The molecule has 3 amide bonds. The van der Waals surface area contributed by atoms with E-state index in [0.717, 1.165) is 0 Å². The summed E-state index contributed by atoms with van der Waals surface area (Å²) in [6.45, 7) is 0.294. The number of carbonyl (C=O) groups excluding carboxylic acids is 3. The first-order chi connectivity index (χ1) is 16.7. The number of amides is 3. The van der Waals surface area contributed by atoms with Gasteiger partial charge in [0.25, 0.3) is 0 Å². The lowest BCUT2D eigenvalue weighted by atomic mass is 10.0. The number of hydrogen-bond acceptors (Lipinski definition) is 8. The first-order valence-corrected chi connectivity index (χ1v) is 11.7. The molecule has 35 heavy (non-hydrogen) atoms. The number of aromatic hydroxyl groups is 1. The van der Waals surface area contributed by atoms with Crippen molar-refractivity contribution in [3.05, 3.63) is 29.8 Å². The molecule has 0 bridgehead atoms. The van der Waals surface area contributed by atoms with Crippen LogP contribution in [0.1, 0.15) is 44.1 Å². The highest BCUT2D eigenvalue weighted by atomic mass is 16.4. The molecule has 1 aromatic carbocycles. The van der Waals surface area contributed by atoms with Crippen LogP contribution in [-0.4, -0.2) is 71.7 Å². The molecule has 1 aromatic rings. The zero-order chi connectivity index (χ0) is 26.2. The largest absolute Gasteiger partial charge is 0.508 e. The van der Waals surface area contributed by atoms with E-state index in [0.29, 0.717) is 50.8 Å². The van der Waals surface area contributed by atoms with E-state index in [1.54, 1.807) is 12.1 Å². The van der Waals surface area contributed by atoms with E-state index in [1.165, 1.54) is 12.1 Å². The number of nitrogens with two attached hydrogens (primary N) is 3. The van der Waals surface area contributed by atoms with Gasteiger partial charge in [0.2, 0.25) is 17.7 Å². The number of phenolic OH excluding ortho intramolecular Hbond substituents is 1. The lowest BCUT2D eigenvalue weighted by Crippen LogP contribution is -2.56. The van der Waals surface area contributed by atoms with E-state index in [-0.39, 0.29) is 18.6 Å². The minimum atomic E-state index is -1.22. The fourth-order valence-corrected chi connectivity index (χ4v) is 3.32. The summed E-state index contributed by atoms with van der Waals surface area (Å²) in [4.78, 5) is 49.2. The first kappa shape index (κ1) is 29.8. The molecular weight excluding hydrogens is 456 g/mol. The molecule has 0 spiro atoms. The standard InChI is InChI=1S/C23H38N6O6/c24-11-3-1-5-17(26)21(33)29-19(13-15-7-9-16(30)10-8-15)23(35)28-18(6-2-4-12-25)22(34)27-14-20(31)32/h7-10,17-19,30H,1-6,11-14,24-26H2,(H,27,34)(H,28,35)(H,29,33)(H,31,32). The van der Waals surface area contributed by atoms with Gasteiger partial charge in [-0.1, -0.05) is 18.6 Å². The number of phenols is 1. The average Bonchev–Trinajstić information content (AvgIpc) is 2.82. The molecule has 12 nitrogen and oxygen atoms in total. The Morgan fingerprint density at radius 2 is 1.37 bits per heavy atom. The maximum atomic E-state index is 13.2. The van der Waals surface area contributed by atoms with Gasteiger partial charge in [0.1, 0.15) is 24.4 Å². The van der Waals surface area contributed by atoms with Crippen molar-refractivity contribution in [2.45, 2.75) is 63.1 Å². The van der Waals surface area contributed by atoms with Gasteiger partial charge in [0, 0.05) is 6.42 Å². The van der Waals surface area contributed by atoms with E-state index in [4.69, 9.17) is 22.3 Å². The monoisotopic (exact) mass is 494 g/mol. The van der Waals surface area contributed by atoms with Gasteiger partial charge in [-0.2, -0.15) is 0 Å². The molecular formula is C23H38N6O6. The molecule has 0 aliphatic carbocycles. The summed E-state index contributed by atoms with van der Waals surface area (Å²) in [5.74, 6) is -2.95. The summed E-state index contributed by atoms with van der Waals surface area (Å²) in [6, 6.07) is 3.24. The normalized spacial score (nSPS) is 13.3. The summed E-state index contributed by atoms with van der Waals surface area (Å²) in [5.41, 5.74) is 17.6. The minimum absolute atomic E-state index is 0.0517. The van der Waals surface area contributed by atoms with E-state index in [9.17, 15) is 24.3 Å². The van der Waals surface area contributed by atoms with Crippen LogP contribution in [0.4, 0.5) is 0 Å². The molecule has 11 N–H and O–H groups in total. The third kappa shape index (κ3) is 12.2. The number of hydrogen-bond donors (Lipinski definition) is 8. The number of rotatable bonds is 17. The quantitative estimate of drug-likeness (QED) is 0.120. The highest BCUT2D eigenvalue weighted by Crippen LogP contribution is 2.12. The molecule has 0 aliphatic heterocycles. The van der Waals surface area contributed by atoms with Crippen molar-refractivity contribution in [3.8, 4) is 5.75 Å². The van der Waals surface area contributed by atoms with Crippen LogP contribution in [0.2, 0.25) is 0 Å². The number of nitrogens with one attached hydrogen (secondary N) is 3. The fraction of sp³-hybridized carbons (Fsp3) is 0.565. The topological polar surface area (TPSA) is 223 Å². The zero-order valence-corrected chi connectivity index (χ0v) is 19.9. The molecule has 1 rings (SSSR count). The first-order valence-electron chi connectivity index (χ1n) is 11.7. The van der Waals surface area contributed by atoms with Gasteiger partial charge in [-0.15, -0.1) is 0 Å². The summed E-state index contributed by atoms with van der Waals surface area (Å²) >= 11 is 0. The minimum Gasteiger partial charge on any atom is -0.508 e. The van der Waals surface area contributed by atoms with Crippen molar-refractivity contribution in [2.24, 2.45) is 17.2 Å². The van der Waals surface area contributed by atoms with Gasteiger partial charge >= 0.3 is 5.97 Å². The SMILES string of the molecule is NCCCCC(N)C(=O)NC(Cc1ccc(O)cc1)C(=O)NC(CCCCN)C(=O)NCC(=O)O. The van der Waals surface area contributed by atoms with E-state index < -0.39 is 48.4 Å². The van der Waals surface area contributed by atoms with Crippen molar-refractivity contribution in [3.63, 3.8) is 0 Å². The number of carboxylic acid groups (broad SMARTS) is 1. The maximum Gasteiger partial charge on any atom is 0.322 e. The van der Waals surface area contributed by atoms with Crippen molar-refractivity contribution in [1.82, 2.24) is 16.0 Å². The van der Waals surface area contributed by atoms with Gasteiger partial charge in [0.05, 0.1) is 6.04 Å².